The zero-order valence-electron chi connectivity index (χ0n) is 11.0. The van der Waals surface area contributed by atoms with Gasteiger partial charge < -0.3 is 20.9 Å². The molecule has 0 amide bonds. The van der Waals surface area contributed by atoms with E-state index in [1.165, 1.54) is 12.3 Å². The van der Waals surface area contributed by atoms with Gasteiger partial charge >= 0.3 is 5.97 Å². The number of anilines is 3. The van der Waals surface area contributed by atoms with Gasteiger partial charge in [0, 0.05) is 11.9 Å². The van der Waals surface area contributed by atoms with Crippen LogP contribution in [-0.2, 0) is 0 Å². The lowest BCUT2D eigenvalue weighted by molar-refractivity contribution is 0.0696. The Balaban J connectivity index is 2.15. The van der Waals surface area contributed by atoms with Gasteiger partial charge in [0.1, 0.15) is 5.75 Å². The summed E-state index contributed by atoms with van der Waals surface area (Å²) in [7, 11) is 0. The van der Waals surface area contributed by atoms with Crippen LogP contribution in [0.2, 0.25) is 0 Å². The molecule has 0 saturated heterocycles. The molecule has 0 unspecified atom stereocenters. The van der Waals surface area contributed by atoms with Crippen LogP contribution in [0, 0.1) is 0 Å². The number of ether oxygens (including phenoxy) is 1. The third-order valence-electron chi connectivity index (χ3n) is 2.59. The largest absolute Gasteiger partial charge is 0.494 e. The number of pyridine rings is 1. The van der Waals surface area contributed by atoms with E-state index in [2.05, 4.69) is 10.3 Å². The fourth-order valence-corrected chi connectivity index (χ4v) is 1.64. The Bertz CT molecular complexity index is 612. The molecule has 0 fully saturated rings. The molecular formula is C14H15N3O3. The first-order valence-corrected chi connectivity index (χ1v) is 6.09. The Labute approximate surface area is 116 Å². The molecule has 0 aliphatic heterocycles. The summed E-state index contributed by atoms with van der Waals surface area (Å²) in [4.78, 5) is 14.8. The second-order valence-corrected chi connectivity index (χ2v) is 4.05. The molecule has 1 aromatic heterocycles. The average Bonchev–Trinajstić information content (AvgIpc) is 2.43. The number of carboxylic acid groups (broad SMARTS) is 1. The number of benzene rings is 1. The molecule has 0 radical (unpaired) electrons. The Morgan fingerprint density at radius 1 is 1.40 bits per heavy atom. The molecule has 2 aromatic rings. The highest BCUT2D eigenvalue weighted by Gasteiger charge is 2.08. The molecule has 6 heteroatoms. The minimum atomic E-state index is -1.06. The highest BCUT2D eigenvalue weighted by molar-refractivity contribution is 5.89. The van der Waals surface area contributed by atoms with Crippen molar-refractivity contribution in [1.82, 2.24) is 4.98 Å². The van der Waals surface area contributed by atoms with Gasteiger partial charge in [-0.25, -0.2) is 9.78 Å². The number of aromatic nitrogens is 1. The van der Waals surface area contributed by atoms with E-state index < -0.39 is 5.97 Å². The summed E-state index contributed by atoms with van der Waals surface area (Å²) < 4.78 is 5.34. The van der Waals surface area contributed by atoms with E-state index in [4.69, 9.17) is 15.6 Å². The zero-order valence-corrected chi connectivity index (χ0v) is 11.0. The van der Waals surface area contributed by atoms with Crippen LogP contribution in [0.4, 0.5) is 17.2 Å². The van der Waals surface area contributed by atoms with Gasteiger partial charge in [0.15, 0.2) is 5.82 Å². The second-order valence-electron chi connectivity index (χ2n) is 4.05. The van der Waals surface area contributed by atoms with E-state index in [0.29, 0.717) is 12.4 Å². The van der Waals surface area contributed by atoms with E-state index >= 15 is 0 Å². The average molecular weight is 273 g/mol. The van der Waals surface area contributed by atoms with Crippen molar-refractivity contribution in [2.75, 3.05) is 17.7 Å². The minimum Gasteiger partial charge on any atom is -0.494 e. The van der Waals surface area contributed by atoms with Crippen LogP contribution in [0.1, 0.15) is 17.3 Å². The van der Waals surface area contributed by atoms with Gasteiger partial charge in [-0.15, -0.1) is 0 Å². The lowest BCUT2D eigenvalue weighted by Crippen LogP contribution is -2.03. The lowest BCUT2D eigenvalue weighted by atomic mass is 10.2. The molecule has 1 heterocycles. The molecular weight excluding hydrogens is 258 g/mol. The van der Waals surface area contributed by atoms with Crippen molar-refractivity contribution in [2.45, 2.75) is 6.92 Å². The van der Waals surface area contributed by atoms with Crippen LogP contribution >= 0.6 is 0 Å². The molecule has 6 nitrogen and oxygen atoms in total. The summed E-state index contributed by atoms with van der Waals surface area (Å²) in [6.07, 6.45) is 1.26. The SMILES string of the molecule is CCOc1ccc(Nc2ncc(C(=O)O)cc2N)cc1. The number of aromatic carboxylic acids is 1. The zero-order chi connectivity index (χ0) is 14.5. The van der Waals surface area contributed by atoms with Gasteiger partial charge in [0.2, 0.25) is 0 Å². The number of hydrogen-bond acceptors (Lipinski definition) is 5. The molecule has 1 aromatic carbocycles. The quantitative estimate of drug-likeness (QED) is 0.774. The maximum absolute atomic E-state index is 10.8. The van der Waals surface area contributed by atoms with Crippen LogP contribution in [0.3, 0.4) is 0 Å². The predicted molar refractivity (Wildman–Crippen MR) is 76.5 cm³/mol. The van der Waals surface area contributed by atoms with E-state index in [0.717, 1.165) is 11.4 Å². The molecule has 0 spiro atoms. The Hall–Kier alpha value is -2.76. The molecule has 2 rings (SSSR count). The maximum Gasteiger partial charge on any atom is 0.337 e. The molecule has 0 aliphatic rings. The third-order valence-corrected chi connectivity index (χ3v) is 2.59. The standard InChI is InChI=1S/C14H15N3O3/c1-2-20-11-5-3-10(4-6-11)17-13-12(15)7-9(8-16-13)14(18)19/h3-8H,2,15H2,1H3,(H,16,17)(H,18,19). The Kier molecular flexibility index (Phi) is 4.05. The number of hydrogen-bond donors (Lipinski definition) is 3. The first-order valence-electron chi connectivity index (χ1n) is 6.09. The molecule has 0 saturated carbocycles. The number of carboxylic acids is 1. The summed E-state index contributed by atoms with van der Waals surface area (Å²) in [5.74, 6) is 0.135. The van der Waals surface area contributed by atoms with Gasteiger partial charge in [-0.3, -0.25) is 0 Å². The summed E-state index contributed by atoms with van der Waals surface area (Å²) in [5.41, 5.74) is 6.89. The number of nitrogens with two attached hydrogens (primary N) is 1. The van der Waals surface area contributed by atoms with Crippen LogP contribution in [0.25, 0.3) is 0 Å². The molecule has 0 bridgehead atoms. The second kappa shape index (κ2) is 5.92. The Morgan fingerprint density at radius 3 is 2.65 bits per heavy atom. The summed E-state index contributed by atoms with van der Waals surface area (Å²) in [6, 6.07) is 8.68. The van der Waals surface area contributed by atoms with Crippen LogP contribution in [-0.4, -0.2) is 22.7 Å². The number of nitrogens with zero attached hydrogens (tertiary/aromatic N) is 1. The fourth-order valence-electron chi connectivity index (χ4n) is 1.64. The van der Waals surface area contributed by atoms with Crippen molar-refractivity contribution >= 4 is 23.2 Å². The molecule has 0 aliphatic carbocycles. The van der Waals surface area contributed by atoms with Gasteiger partial charge in [0.05, 0.1) is 17.9 Å². The molecule has 104 valence electrons. The van der Waals surface area contributed by atoms with E-state index in [1.807, 2.05) is 31.2 Å². The van der Waals surface area contributed by atoms with Gasteiger partial charge in [-0.1, -0.05) is 0 Å². The number of nitrogen functional groups attached to an aromatic ring is 1. The Morgan fingerprint density at radius 2 is 2.10 bits per heavy atom. The predicted octanol–water partition coefficient (Wildman–Crippen LogP) is 2.50. The smallest absolute Gasteiger partial charge is 0.337 e. The normalized spacial score (nSPS) is 10.1. The van der Waals surface area contributed by atoms with Crippen LogP contribution in [0.15, 0.2) is 36.5 Å². The van der Waals surface area contributed by atoms with Crippen molar-refractivity contribution in [3.8, 4) is 5.75 Å². The van der Waals surface area contributed by atoms with E-state index in [-0.39, 0.29) is 11.3 Å². The van der Waals surface area contributed by atoms with E-state index in [1.54, 1.807) is 0 Å². The monoisotopic (exact) mass is 273 g/mol. The highest BCUT2D eigenvalue weighted by atomic mass is 16.5. The molecule has 0 atom stereocenters. The van der Waals surface area contributed by atoms with Crippen LogP contribution < -0.4 is 15.8 Å². The van der Waals surface area contributed by atoms with Gasteiger partial charge in [0.25, 0.3) is 0 Å². The first-order chi connectivity index (χ1) is 9.60. The van der Waals surface area contributed by atoms with Crippen molar-refractivity contribution in [2.24, 2.45) is 0 Å². The van der Waals surface area contributed by atoms with Crippen molar-refractivity contribution < 1.29 is 14.6 Å². The fraction of sp³-hybridized carbons (Fsp3) is 0.143. The van der Waals surface area contributed by atoms with Gasteiger partial charge in [-0.05, 0) is 37.3 Å². The van der Waals surface area contributed by atoms with Crippen LogP contribution in [0.5, 0.6) is 5.75 Å². The topological polar surface area (TPSA) is 97.5 Å². The highest BCUT2D eigenvalue weighted by Crippen LogP contribution is 2.23. The van der Waals surface area contributed by atoms with Crippen molar-refractivity contribution in [3.05, 3.63) is 42.1 Å². The summed E-state index contributed by atoms with van der Waals surface area (Å²) >= 11 is 0. The minimum absolute atomic E-state index is 0.0553. The lowest BCUT2D eigenvalue weighted by Gasteiger charge is -2.09. The van der Waals surface area contributed by atoms with E-state index in [9.17, 15) is 4.79 Å². The van der Waals surface area contributed by atoms with Crippen molar-refractivity contribution in [3.63, 3.8) is 0 Å². The molecule has 20 heavy (non-hydrogen) atoms. The number of carbonyl (C=O) groups is 1. The number of rotatable bonds is 5. The third kappa shape index (κ3) is 3.17. The number of nitrogens with one attached hydrogen (secondary N) is 1. The van der Waals surface area contributed by atoms with Crippen molar-refractivity contribution in [1.29, 1.82) is 0 Å². The first kappa shape index (κ1) is 13.7. The molecule has 4 N–H and O–H groups in total. The summed E-state index contributed by atoms with van der Waals surface area (Å²) in [5, 5.41) is 11.9. The maximum atomic E-state index is 10.8. The summed E-state index contributed by atoms with van der Waals surface area (Å²) in [6.45, 7) is 2.53. The van der Waals surface area contributed by atoms with Gasteiger partial charge in [-0.2, -0.15) is 0 Å².